The molecule has 0 aliphatic carbocycles. The van der Waals surface area contributed by atoms with Crippen LogP contribution in [0.15, 0.2) is 80.2 Å². The zero-order chi connectivity index (χ0) is 21.8. The fourth-order valence-electron chi connectivity index (χ4n) is 3.13. The van der Waals surface area contributed by atoms with Crippen molar-refractivity contribution in [2.45, 2.75) is 19.4 Å². The summed E-state index contributed by atoms with van der Waals surface area (Å²) in [4.78, 5) is 18.4. The van der Waals surface area contributed by atoms with Crippen molar-refractivity contribution >= 4 is 21.8 Å². The topological polar surface area (TPSA) is 59.5 Å². The second-order valence-electron chi connectivity index (χ2n) is 7.15. The molecule has 7 heteroatoms. The van der Waals surface area contributed by atoms with Crippen molar-refractivity contribution in [3.8, 4) is 22.6 Å². The summed E-state index contributed by atoms with van der Waals surface area (Å²) in [7, 11) is 1.74. The van der Waals surface area contributed by atoms with Crippen LogP contribution < -0.4 is 0 Å². The molecule has 0 aliphatic rings. The predicted octanol–water partition coefficient (Wildman–Crippen LogP) is 6.09. The summed E-state index contributed by atoms with van der Waals surface area (Å²) >= 11 is 3.42. The highest BCUT2D eigenvalue weighted by atomic mass is 79.9. The molecule has 0 atom stereocenters. The third-order valence-corrected chi connectivity index (χ3v) is 5.37. The Morgan fingerprint density at radius 1 is 0.968 bits per heavy atom. The minimum Gasteiger partial charge on any atom is -0.459 e. The number of rotatable bonds is 7. The number of carbonyl (C=O) groups excluding carboxylic acids is 1. The van der Waals surface area contributed by atoms with Crippen LogP contribution in [0.3, 0.4) is 0 Å². The number of aryl methyl sites for hydroxylation is 1. The van der Waals surface area contributed by atoms with E-state index in [1.54, 1.807) is 30.3 Å². The highest BCUT2D eigenvalue weighted by molar-refractivity contribution is 9.10. The van der Waals surface area contributed by atoms with E-state index in [-0.39, 0.29) is 18.1 Å². The number of oxazole rings is 1. The van der Waals surface area contributed by atoms with Gasteiger partial charge in [0.2, 0.25) is 5.91 Å². The van der Waals surface area contributed by atoms with E-state index in [0.29, 0.717) is 30.4 Å². The molecule has 0 unspecified atom stereocenters. The van der Waals surface area contributed by atoms with Crippen LogP contribution in [-0.2, 0) is 17.8 Å². The number of halogens is 2. The summed E-state index contributed by atoms with van der Waals surface area (Å²) < 4.78 is 25.6. The molecule has 158 valence electrons. The first-order chi connectivity index (χ1) is 15.0. The van der Waals surface area contributed by atoms with E-state index >= 15 is 0 Å². The molecule has 0 aliphatic heterocycles. The largest absolute Gasteiger partial charge is 0.459 e. The van der Waals surface area contributed by atoms with E-state index in [1.807, 2.05) is 36.4 Å². The molecular formula is C24H20BrFN2O3. The first kappa shape index (κ1) is 21.1. The molecule has 1 amide bonds. The van der Waals surface area contributed by atoms with Crippen LogP contribution in [-0.4, -0.2) is 22.8 Å². The van der Waals surface area contributed by atoms with Crippen molar-refractivity contribution in [3.63, 3.8) is 0 Å². The van der Waals surface area contributed by atoms with E-state index in [2.05, 4.69) is 20.9 Å². The van der Waals surface area contributed by atoms with Crippen molar-refractivity contribution in [2.24, 2.45) is 0 Å². The summed E-state index contributed by atoms with van der Waals surface area (Å²) in [6.07, 6.45) is 2.23. The number of amides is 1. The SMILES string of the molecule is CN(Cc1ccc(-c2ccc(Br)cc2)o1)C(=O)CCc1ncc(-c2ccc(F)cc2)o1. The van der Waals surface area contributed by atoms with E-state index in [4.69, 9.17) is 8.83 Å². The maximum Gasteiger partial charge on any atom is 0.223 e. The van der Waals surface area contributed by atoms with Gasteiger partial charge in [0.05, 0.1) is 12.7 Å². The highest BCUT2D eigenvalue weighted by Gasteiger charge is 2.14. The summed E-state index contributed by atoms with van der Waals surface area (Å²) in [5.74, 6) is 2.14. The Morgan fingerprint density at radius 2 is 1.65 bits per heavy atom. The zero-order valence-corrected chi connectivity index (χ0v) is 18.4. The van der Waals surface area contributed by atoms with Gasteiger partial charge in [0.15, 0.2) is 11.7 Å². The van der Waals surface area contributed by atoms with Crippen molar-refractivity contribution in [1.82, 2.24) is 9.88 Å². The Morgan fingerprint density at radius 3 is 2.39 bits per heavy atom. The van der Waals surface area contributed by atoms with Crippen molar-refractivity contribution < 1.29 is 18.0 Å². The van der Waals surface area contributed by atoms with Crippen LogP contribution in [0, 0.1) is 5.82 Å². The Kier molecular flexibility index (Phi) is 6.32. The van der Waals surface area contributed by atoms with Crippen molar-refractivity contribution in [1.29, 1.82) is 0 Å². The molecule has 4 rings (SSSR count). The van der Waals surface area contributed by atoms with Crippen LogP contribution in [0.1, 0.15) is 18.1 Å². The van der Waals surface area contributed by atoms with Gasteiger partial charge < -0.3 is 13.7 Å². The molecule has 0 saturated heterocycles. The minimum absolute atomic E-state index is 0.0388. The number of furan rings is 1. The van der Waals surface area contributed by atoms with Gasteiger partial charge in [-0.1, -0.05) is 28.1 Å². The van der Waals surface area contributed by atoms with Crippen molar-refractivity contribution in [2.75, 3.05) is 7.05 Å². The first-order valence-corrected chi connectivity index (χ1v) is 10.6. The lowest BCUT2D eigenvalue weighted by atomic mass is 10.2. The maximum atomic E-state index is 13.1. The molecule has 0 radical (unpaired) electrons. The molecule has 0 N–H and O–H groups in total. The van der Waals surface area contributed by atoms with Crippen LogP contribution >= 0.6 is 15.9 Å². The fraction of sp³-hybridized carbons (Fsp3) is 0.167. The molecule has 2 aromatic carbocycles. The zero-order valence-electron chi connectivity index (χ0n) is 16.8. The van der Waals surface area contributed by atoms with Gasteiger partial charge >= 0.3 is 0 Å². The molecule has 31 heavy (non-hydrogen) atoms. The lowest BCUT2D eigenvalue weighted by molar-refractivity contribution is -0.130. The Balaban J connectivity index is 1.31. The van der Waals surface area contributed by atoms with Gasteiger partial charge in [-0.05, 0) is 48.5 Å². The predicted molar refractivity (Wildman–Crippen MR) is 119 cm³/mol. The molecule has 0 spiro atoms. The normalized spacial score (nSPS) is 10.9. The fourth-order valence-corrected chi connectivity index (χ4v) is 3.40. The van der Waals surface area contributed by atoms with Crippen LogP contribution in [0.2, 0.25) is 0 Å². The molecule has 0 fully saturated rings. The summed E-state index contributed by atoms with van der Waals surface area (Å²) in [6, 6.07) is 17.6. The average Bonchev–Trinajstić information content (AvgIpc) is 3.43. The number of hydrogen-bond acceptors (Lipinski definition) is 4. The third kappa shape index (κ3) is 5.30. The van der Waals surface area contributed by atoms with E-state index < -0.39 is 0 Å². The highest BCUT2D eigenvalue weighted by Crippen LogP contribution is 2.25. The van der Waals surface area contributed by atoms with Gasteiger partial charge in [0, 0.05) is 35.5 Å². The number of aromatic nitrogens is 1. The van der Waals surface area contributed by atoms with Gasteiger partial charge in [0.25, 0.3) is 0 Å². The van der Waals surface area contributed by atoms with Crippen LogP contribution in [0.25, 0.3) is 22.6 Å². The summed E-state index contributed by atoms with van der Waals surface area (Å²) in [5, 5.41) is 0. The molecule has 2 aromatic heterocycles. The number of hydrogen-bond donors (Lipinski definition) is 0. The smallest absolute Gasteiger partial charge is 0.223 e. The summed E-state index contributed by atoms with van der Waals surface area (Å²) in [5.41, 5.74) is 1.72. The lowest BCUT2D eigenvalue weighted by Gasteiger charge is -2.15. The first-order valence-electron chi connectivity index (χ1n) is 9.77. The van der Waals surface area contributed by atoms with Crippen LogP contribution in [0.4, 0.5) is 4.39 Å². The van der Waals surface area contributed by atoms with Gasteiger partial charge in [-0.3, -0.25) is 4.79 Å². The number of carbonyl (C=O) groups is 1. The Hall–Kier alpha value is -3.19. The van der Waals surface area contributed by atoms with Gasteiger partial charge in [-0.25, -0.2) is 9.37 Å². The molecule has 0 saturated carbocycles. The molecule has 4 aromatic rings. The Bertz CT molecular complexity index is 1170. The molecule has 5 nitrogen and oxygen atoms in total. The monoisotopic (exact) mass is 482 g/mol. The third-order valence-electron chi connectivity index (χ3n) is 4.84. The number of benzene rings is 2. The average molecular weight is 483 g/mol. The number of nitrogens with zero attached hydrogens (tertiary/aromatic N) is 2. The van der Waals surface area contributed by atoms with Crippen LogP contribution in [0.5, 0.6) is 0 Å². The lowest BCUT2D eigenvalue weighted by Crippen LogP contribution is -2.26. The van der Waals surface area contributed by atoms with Crippen molar-refractivity contribution in [3.05, 3.63) is 88.8 Å². The quantitative estimate of drug-likeness (QED) is 0.319. The maximum absolute atomic E-state index is 13.1. The van der Waals surface area contributed by atoms with E-state index in [9.17, 15) is 9.18 Å². The van der Waals surface area contributed by atoms with Gasteiger partial charge in [0.1, 0.15) is 17.3 Å². The van der Waals surface area contributed by atoms with E-state index in [1.165, 1.54) is 12.1 Å². The standard InChI is InChI=1S/C24H20BrFN2O3/c1-28(15-20-10-11-21(30-20)16-2-6-18(25)7-3-16)24(29)13-12-23-27-14-22(31-23)17-4-8-19(26)9-5-17/h2-11,14H,12-13,15H2,1H3. The summed E-state index contributed by atoms with van der Waals surface area (Å²) in [6.45, 7) is 0.377. The van der Waals surface area contributed by atoms with E-state index in [0.717, 1.165) is 21.4 Å². The minimum atomic E-state index is -0.308. The van der Waals surface area contributed by atoms with Gasteiger partial charge in [-0.15, -0.1) is 0 Å². The Labute approximate surface area is 187 Å². The second kappa shape index (κ2) is 9.31. The second-order valence-corrected chi connectivity index (χ2v) is 8.06. The molecular weight excluding hydrogens is 463 g/mol. The molecule has 2 heterocycles. The van der Waals surface area contributed by atoms with Gasteiger partial charge in [-0.2, -0.15) is 0 Å². The molecule has 0 bridgehead atoms.